The molecule has 188 valence electrons. The summed E-state index contributed by atoms with van der Waals surface area (Å²) in [5, 5.41) is 5.53. The largest absolute Gasteiger partial charge is 0.435 e. The molecular weight excluding hydrogens is 533 g/mol. The first-order valence-electron chi connectivity index (χ1n) is 10.8. The van der Waals surface area contributed by atoms with E-state index in [2.05, 4.69) is 10.5 Å². The number of alkyl halides is 3. The average Bonchev–Trinajstić information content (AvgIpc) is 3.57. The van der Waals surface area contributed by atoms with Crippen molar-refractivity contribution >= 4 is 46.3 Å². The number of nitrogens with zero attached hydrogens (tertiary/aromatic N) is 2. The number of carbonyl (C=O) groups excluding carboxylic acids is 1. The standard InChI is InChI=1S/C22H19Cl2F4N3O3S/c23-14-5-12(6-15(24)19(14)25)21(22(26,27)28)7-18(30-34-21)31-9-11-4-16(35-17(11)10-31)20(32)29-8-13-2-1-3-33-13/h4-6,13H,1-3,7-10H2,(H,29,32). The van der Waals surface area contributed by atoms with Gasteiger partial charge >= 0.3 is 6.18 Å². The molecular formula is C22H19Cl2F4N3O3S. The molecule has 2 aromatic rings. The van der Waals surface area contributed by atoms with Gasteiger partial charge < -0.3 is 19.8 Å². The highest BCUT2D eigenvalue weighted by atomic mass is 35.5. The van der Waals surface area contributed by atoms with E-state index in [1.807, 2.05) is 0 Å². The number of nitrogens with one attached hydrogen (secondary N) is 1. The molecule has 5 rings (SSSR count). The van der Waals surface area contributed by atoms with E-state index >= 15 is 0 Å². The molecule has 6 nitrogen and oxygen atoms in total. The van der Waals surface area contributed by atoms with Crippen molar-refractivity contribution in [1.82, 2.24) is 10.2 Å². The third-order valence-electron chi connectivity index (χ3n) is 6.32. The summed E-state index contributed by atoms with van der Waals surface area (Å²) in [6, 6.07) is 3.46. The van der Waals surface area contributed by atoms with E-state index in [0.29, 0.717) is 24.6 Å². The Balaban J connectivity index is 1.28. The van der Waals surface area contributed by atoms with Gasteiger partial charge in [-0.1, -0.05) is 28.4 Å². The lowest BCUT2D eigenvalue weighted by atomic mass is 9.89. The molecule has 0 spiro atoms. The molecule has 3 aliphatic rings. The molecule has 2 unspecified atom stereocenters. The number of hydrogen-bond donors (Lipinski definition) is 1. The van der Waals surface area contributed by atoms with Gasteiger partial charge in [0.05, 0.1) is 34.0 Å². The fourth-order valence-electron chi connectivity index (χ4n) is 4.41. The quantitative estimate of drug-likeness (QED) is 0.396. The van der Waals surface area contributed by atoms with E-state index in [0.717, 1.165) is 35.4 Å². The topological polar surface area (TPSA) is 63.2 Å². The smallest absolute Gasteiger partial charge is 0.376 e. The Morgan fingerprint density at radius 1 is 1.26 bits per heavy atom. The molecule has 13 heteroatoms. The SMILES string of the molecule is O=C(NCC1CCCO1)c1cc2c(s1)CN(C1=NOC(c3cc(Cl)c(F)c(Cl)c3)(C(F)(F)F)C1)C2. The maximum absolute atomic E-state index is 14.2. The second kappa shape index (κ2) is 9.10. The Kier molecular flexibility index (Phi) is 6.40. The summed E-state index contributed by atoms with van der Waals surface area (Å²) in [5.41, 5.74) is -2.43. The van der Waals surface area contributed by atoms with Gasteiger partial charge in [-0.05, 0) is 36.6 Å². The Morgan fingerprint density at radius 3 is 2.63 bits per heavy atom. The van der Waals surface area contributed by atoms with Crippen molar-refractivity contribution < 1.29 is 31.9 Å². The average molecular weight is 552 g/mol. The lowest BCUT2D eigenvalue weighted by molar-refractivity contribution is -0.275. The molecule has 2 atom stereocenters. The Bertz CT molecular complexity index is 1150. The summed E-state index contributed by atoms with van der Waals surface area (Å²) in [7, 11) is 0. The highest BCUT2D eigenvalue weighted by Gasteiger charge is 2.63. The molecule has 4 heterocycles. The molecule has 1 aromatic heterocycles. The van der Waals surface area contributed by atoms with Crippen molar-refractivity contribution in [3.05, 3.63) is 54.9 Å². The molecule has 0 bridgehead atoms. The molecule has 35 heavy (non-hydrogen) atoms. The number of thiophene rings is 1. The Hall–Kier alpha value is -2.08. The number of halogens is 6. The summed E-state index contributed by atoms with van der Waals surface area (Å²) in [6.07, 6.45) is -3.58. The van der Waals surface area contributed by atoms with E-state index in [1.165, 1.54) is 11.3 Å². The molecule has 1 saturated heterocycles. The first kappa shape index (κ1) is 24.6. The third kappa shape index (κ3) is 4.47. The van der Waals surface area contributed by atoms with Gasteiger partial charge in [0.2, 0.25) is 0 Å². The fraction of sp³-hybridized carbons (Fsp3) is 0.455. The summed E-state index contributed by atoms with van der Waals surface area (Å²) < 4.78 is 61.9. The molecule has 0 radical (unpaired) electrons. The van der Waals surface area contributed by atoms with Crippen LogP contribution < -0.4 is 5.32 Å². The van der Waals surface area contributed by atoms with Crippen LogP contribution >= 0.6 is 34.5 Å². The van der Waals surface area contributed by atoms with Gasteiger partial charge in [0.1, 0.15) is 5.84 Å². The van der Waals surface area contributed by atoms with Crippen LogP contribution in [0.2, 0.25) is 10.0 Å². The van der Waals surface area contributed by atoms with Crippen molar-refractivity contribution in [2.24, 2.45) is 5.16 Å². The van der Waals surface area contributed by atoms with Crippen molar-refractivity contribution in [3.8, 4) is 0 Å². The number of amidine groups is 1. The number of fused-ring (bicyclic) bond motifs is 1. The van der Waals surface area contributed by atoms with Crippen LogP contribution in [0.1, 0.15) is 44.9 Å². The summed E-state index contributed by atoms with van der Waals surface area (Å²) in [6.45, 7) is 1.72. The number of amides is 1. The molecule has 0 saturated carbocycles. The lowest BCUT2D eigenvalue weighted by Gasteiger charge is -2.30. The van der Waals surface area contributed by atoms with Crippen LogP contribution in [0.25, 0.3) is 0 Å². The van der Waals surface area contributed by atoms with Crippen LogP contribution in [-0.4, -0.2) is 42.1 Å². The normalized spacial score (nSPS) is 23.9. The van der Waals surface area contributed by atoms with Crippen molar-refractivity contribution in [3.63, 3.8) is 0 Å². The number of rotatable bonds is 4. The van der Waals surface area contributed by atoms with Gasteiger partial charge in [-0.2, -0.15) is 13.2 Å². The maximum Gasteiger partial charge on any atom is 0.435 e. The van der Waals surface area contributed by atoms with E-state index in [1.54, 1.807) is 11.0 Å². The van der Waals surface area contributed by atoms with Gasteiger partial charge in [0.15, 0.2) is 5.82 Å². The Morgan fingerprint density at radius 2 is 2.00 bits per heavy atom. The summed E-state index contributed by atoms with van der Waals surface area (Å²) >= 11 is 12.8. The minimum Gasteiger partial charge on any atom is -0.376 e. The van der Waals surface area contributed by atoms with E-state index in [4.69, 9.17) is 32.8 Å². The van der Waals surface area contributed by atoms with Crippen LogP contribution in [0.4, 0.5) is 17.6 Å². The zero-order valence-corrected chi connectivity index (χ0v) is 20.4. The summed E-state index contributed by atoms with van der Waals surface area (Å²) in [5.74, 6) is -1.12. The predicted octanol–water partition coefficient (Wildman–Crippen LogP) is 5.61. The molecule has 3 aliphatic heterocycles. The van der Waals surface area contributed by atoms with Crippen molar-refractivity contribution in [2.45, 2.75) is 50.2 Å². The van der Waals surface area contributed by atoms with Gasteiger partial charge in [-0.25, -0.2) is 4.39 Å². The van der Waals surface area contributed by atoms with Gasteiger partial charge in [-0.3, -0.25) is 4.79 Å². The van der Waals surface area contributed by atoms with E-state index in [-0.39, 0.29) is 24.4 Å². The van der Waals surface area contributed by atoms with Crippen molar-refractivity contribution in [2.75, 3.05) is 13.2 Å². The van der Waals surface area contributed by atoms with Crippen LogP contribution in [0, 0.1) is 5.82 Å². The second-order valence-electron chi connectivity index (χ2n) is 8.61. The monoisotopic (exact) mass is 551 g/mol. The minimum absolute atomic E-state index is 0.0291. The summed E-state index contributed by atoms with van der Waals surface area (Å²) in [4.78, 5) is 20.6. The van der Waals surface area contributed by atoms with Crippen LogP contribution in [0.15, 0.2) is 23.4 Å². The molecule has 1 amide bonds. The fourth-order valence-corrected chi connectivity index (χ4v) is 6.00. The predicted molar refractivity (Wildman–Crippen MR) is 122 cm³/mol. The lowest BCUT2D eigenvalue weighted by Crippen LogP contribution is -2.44. The van der Waals surface area contributed by atoms with Crippen LogP contribution in [0.5, 0.6) is 0 Å². The molecule has 1 aromatic carbocycles. The zero-order chi connectivity index (χ0) is 25.0. The first-order chi connectivity index (χ1) is 16.6. The van der Waals surface area contributed by atoms with E-state index in [9.17, 15) is 22.4 Å². The van der Waals surface area contributed by atoms with Gasteiger partial charge in [-0.15, -0.1) is 11.3 Å². The third-order valence-corrected chi connectivity index (χ3v) is 8.03. The van der Waals surface area contributed by atoms with E-state index < -0.39 is 39.6 Å². The minimum atomic E-state index is -4.87. The van der Waals surface area contributed by atoms with Gasteiger partial charge in [0.25, 0.3) is 11.5 Å². The highest BCUT2D eigenvalue weighted by Crippen LogP contribution is 2.50. The number of benzene rings is 1. The Labute approximate surface area is 211 Å². The number of carbonyl (C=O) groups is 1. The first-order valence-corrected chi connectivity index (χ1v) is 12.4. The van der Waals surface area contributed by atoms with Crippen LogP contribution in [-0.2, 0) is 28.3 Å². The number of ether oxygens (including phenoxy) is 1. The number of hydrogen-bond acceptors (Lipinski definition) is 6. The second-order valence-corrected chi connectivity index (χ2v) is 10.6. The van der Waals surface area contributed by atoms with Crippen molar-refractivity contribution in [1.29, 1.82) is 0 Å². The zero-order valence-electron chi connectivity index (χ0n) is 18.1. The molecule has 1 fully saturated rings. The van der Waals surface area contributed by atoms with Crippen LogP contribution in [0.3, 0.4) is 0 Å². The van der Waals surface area contributed by atoms with Gasteiger partial charge in [0, 0.05) is 30.1 Å². The highest BCUT2D eigenvalue weighted by molar-refractivity contribution is 7.14. The molecule has 1 N–H and O–H groups in total. The molecule has 0 aliphatic carbocycles. The number of oxime groups is 1. The maximum atomic E-state index is 14.2.